The summed E-state index contributed by atoms with van der Waals surface area (Å²) in [6.45, 7) is 9.66. The Kier molecular flexibility index (Phi) is 4.67. The van der Waals surface area contributed by atoms with E-state index in [0.29, 0.717) is 0 Å². The van der Waals surface area contributed by atoms with Crippen LogP contribution in [0.2, 0.25) is 0 Å². The third kappa shape index (κ3) is 2.91. The van der Waals surface area contributed by atoms with E-state index in [9.17, 15) is 0 Å². The van der Waals surface area contributed by atoms with Crippen molar-refractivity contribution < 1.29 is 0 Å². The second-order valence-corrected chi connectivity index (χ2v) is 17.3. The van der Waals surface area contributed by atoms with Gasteiger partial charge in [-0.05, 0) is 46.5 Å². The van der Waals surface area contributed by atoms with E-state index in [2.05, 4.69) is 93.7 Å². The highest BCUT2D eigenvalue weighted by Gasteiger charge is 2.46. The predicted octanol–water partition coefficient (Wildman–Crippen LogP) is 11.0. The molecular weight excluding hydrogens is 633 g/mol. The number of rotatable bonds is 2. The fourth-order valence-electron chi connectivity index (χ4n) is 6.98. The SMILES string of the molecule is CC1(C)c2cc(-c3cccc4nsnc34)sc2-c2sc3c4c(sc3c21)-c1sc(-c2cccc3nsnc23)cc1C4(C)C. The minimum absolute atomic E-state index is 0.0503. The average Bonchev–Trinajstić information content (AvgIpc) is 3.79. The van der Waals surface area contributed by atoms with Crippen LogP contribution in [0.15, 0.2) is 48.5 Å². The van der Waals surface area contributed by atoms with Gasteiger partial charge in [0.05, 0.1) is 42.6 Å². The van der Waals surface area contributed by atoms with Gasteiger partial charge in [-0.3, -0.25) is 0 Å². The highest BCUT2D eigenvalue weighted by atomic mass is 32.1. The summed E-state index contributed by atoms with van der Waals surface area (Å²) in [6.07, 6.45) is 0. The first-order chi connectivity index (χ1) is 20.3. The summed E-state index contributed by atoms with van der Waals surface area (Å²) in [5.41, 5.74) is 12.2. The van der Waals surface area contributed by atoms with Crippen LogP contribution < -0.4 is 0 Å². The zero-order valence-corrected chi connectivity index (χ0v) is 27.8. The van der Waals surface area contributed by atoms with Crippen molar-refractivity contribution in [3.8, 4) is 40.4 Å². The van der Waals surface area contributed by atoms with E-state index in [4.69, 9.17) is 0 Å². The van der Waals surface area contributed by atoms with Crippen molar-refractivity contribution in [2.45, 2.75) is 38.5 Å². The highest BCUT2D eigenvalue weighted by Crippen LogP contribution is 2.66. The largest absolute Gasteiger partial charge is 0.173 e. The molecule has 2 aliphatic rings. The van der Waals surface area contributed by atoms with Crippen molar-refractivity contribution in [3.63, 3.8) is 0 Å². The van der Waals surface area contributed by atoms with Gasteiger partial charge < -0.3 is 0 Å². The lowest BCUT2D eigenvalue weighted by molar-refractivity contribution is 0.667. The number of thiophene rings is 4. The summed E-state index contributed by atoms with van der Waals surface area (Å²) >= 11 is 10.5. The second-order valence-electron chi connectivity index (χ2n) is 12.1. The summed E-state index contributed by atoms with van der Waals surface area (Å²) < 4.78 is 21.2. The lowest BCUT2D eigenvalue weighted by Crippen LogP contribution is -2.15. The molecule has 8 aromatic rings. The lowest BCUT2D eigenvalue weighted by atomic mass is 9.81. The molecule has 10 rings (SSSR count). The van der Waals surface area contributed by atoms with Gasteiger partial charge >= 0.3 is 0 Å². The number of benzene rings is 2. The first-order valence-corrected chi connectivity index (χ1v) is 18.4. The summed E-state index contributed by atoms with van der Waals surface area (Å²) in [7, 11) is 0. The highest BCUT2D eigenvalue weighted by molar-refractivity contribution is 7.35. The van der Waals surface area contributed by atoms with Crippen molar-refractivity contribution in [2.24, 2.45) is 0 Å². The minimum Gasteiger partial charge on any atom is -0.173 e. The number of nitrogens with zero attached hydrogens (tertiary/aromatic N) is 4. The molecule has 10 heteroatoms. The topological polar surface area (TPSA) is 51.6 Å². The molecule has 0 radical (unpaired) electrons. The van der Waals surface area contributed by atoms with Gasteiger partial charge in [-0.1, -0.05) is 52.0 Å². The fourth-order valence-corrected chi connectivity index (χ4v) is 14.6. The van der Waals surface area contributed by atoms with Crippen LogP contribution in [0.25, 0.3) is 71.9 Å². The Morgan fingerprint density at radius 2 is 0.976 bits per heavy atom. The van der Waals surface area contributed by atoms with E-state index < -0.39 is 0 Å². The van der Waals surface area contributed by atoms with Crippen LogP contribution in [0.5, 0.6) is 0 Å². The monoisotopic (exact) mass is 652 g/mol. The zero-order valence-electron chi connectivity index (χ0n) is 22.9. The minimum atomic E-state index is -0.0503. The third-order valence-electron chi connectivity index (χ3n) is 9.10. The first kappa shape index (κ1) is 24.6. The van der Waals surface area contributed by atoms with Crippen LogP contribution in [-0.2, 0) is 10.8 Å². The second kappa shape index (κ2) is 7.99. The van der Waals surface area contributed by atoms with Gasteiger partial charge in [-0.2, -0.15) is 17.5 Å². The number of hydrogen-bond donors (Lipinski definition) is 0. The molecule has 0 spiro atoms. The molecule has 0 fully saturated rings. The first-order valence-electron chi connectivity index (χ1n) is 13.7. The Morgan fingerprint density at radius 3 is 1.43 bits per heavy atom. The lowest BCUT2D eigenvalue weighted by Gasteiger charge is -2.21. The molecular formula is C32H20N4S6. The van der Waals surface area contributed by atoms with Crippen LogP contribution in [0, 0.1) is 0 Å². The van der Waals surface area contributed by atoms with Crippen molar-refractivity contribution in [1.29, 1.82) is 0 Å². The van der Waals surface area contributed by atoms with Crippen molar-refractivity contribution in [2.75, 3.05) is 0 Å². The molecule has 0 unspecified atom stereocenters. The van der Waals surface area contributed by atoms with Crippen LogP contribution in [-0.4, -0.2) is 17.5 Å². The molecule has 0 bridgehead atoms. The maximum absolute atomic E-state index is 4.63. The van der Waals surface area contributed by atoms with Gasteiger partial charge in [-0.15, -0.1) is 45.3 Å². The molecule has 2 aliphatic carbocycles. The number of aromatic nitrogens is 4. The van der Waals surface area contributed by atoms with E-state index in [0.717, 1.165) is 22.1 Å². The maximum Gasteiger partial charge on any atom is 0.113 e. The van der Waals surface area contributed by atoms with Gasteiger partial charge in [0.15, 0.2) is 0 Å². The maximum atomic E-state index is 4.63. The predicted molar refractivity (Wildman–Crippen MR) is 183 cm³/mol. The molecule has 6 heterocycles. The Labute approximate surface area is 265 Å². The number of hydrogen-bond acceptors (Lipinski definition) is 10. The van der Waals surface area contributed by atoms with E-state index in [1.807, 2.05) is 45.3 Å². The molecule has 0 aliphatic heterocycles. The smallest absolute Gasteiger partial charge is 0.113 e. The summed E-state index contributed by atoms with van der Waals surface area (Å²) in [5, 5.41) is 0. The third-order valence-corrected chi connectivity index (χ3v) is 15.4. The molecule has 0 N–H and O–H groups in total. The Hall–Kier alpha value is -2.86. The van der Waals surface area contributed by atoms with E-state index >= 15 is 0 Å². The quantitative estimate of drug-likeness (QED) is 0.186. The van der Waals surface area contributed by atoms with Gasteiger partial charge in [-0.25, -0.2) is 0 Å². The van der Waals surface area contributed by atoms with Gasteiger partial charge in [0.2, 0.25) is 0 Å². The van der Waals surface area contributed by atoms with Crippen LogP contribution in [0.4, 0.5) is 0 Å². The van der Waals surface area contributed by atoms with E-state index in [1.54, 1.807) is 0 Å². The molecule has 204 valence electrons. The van der Waals surface area contributed by atoms with E-state index in [1.165, 1.54) is 95.5 Å². The van der Waals surface area contributed by atoms with Gasteiger partial charge in [0, 0.05) is 41.5 Å². The molecule has 0 saturated carbocycles. The van der Waals surface area contributed by atoms with Gasteiger partial charge in [0.1, 0.15) is 22.1 Å². The molecule has 0 saturated heterocycles. The number of fused-ring (bicyclic) bond motifs is 11. The molecule has 6 aromatic heterocycles. The Morgan fingerprint density at radius 1 is 0.524 bits per heavy atom. The molecule has 0 amide bonds. The molecule has 4 nitrogen and oxygen atoms in total. The normalized spacial score (nSPS) is 16.0. The molecule has 0 atom stereocenters. The van der Waals surface area contributed by atoms with Crippen LogP contribution in [0.3, 0.4) is 0 Å². The van der Waals surface area contributed by atoms with Crippen LogP contribution in [0.1, 0.15) is 49.9 Å². The summed E-state index contributed by atoms with van der Waals surface area (Å²) in [5.74, 6) is 0. The molecule has 2 aromatic carbocycles. The summed E-state index contributed by atoms with van der Waals surface area (Å²) in [4.78, 5) is 8.38. The molecule has 42 heavy (non-hydrogen) atoms. The van der Waals surface area contributed by atoms with Crippen molar-refractivity contribution in [3.05, 3.63) is 70.8 Å². The fraction of sp³-hybridized carbons (Fsp3) is 0.188. The Balaban J connectivity index is 1.15. The van der Waals surface area contributed by atoms with Crippen molar-refractivity contribution >= 4 is 100 Å². The average molecular weight is 653 g/mol. The summed E-state index contributed by atoms with van der Waals surface area (Å²) in [6, 6.07) is 17.6. The standard InChI is InChI=1S/C32H20N4S6/c1-31(2)15-11-19(13-7-5-9-17-23(13)35-41-33-17)37-25(15)27-21(31)29-30(39-27)22-28(40-29)26-16(32(22,3)4)12-20(38-26)14-8-6-10-18-24(14)36-42-34-18/h5-12H,1-4H3. The van der Waals surface area contributed by atoms with Crippen LogP contribution >= 0.6 is 68.8 Å². The van der Waals surface area contributed by atoms with Crippen molar-refractivity contribution in [1.82, 2.24) is 17.5 Å². The zero-order chi connectivity index (χ0) is 28.1. The van der Waals surface area contributed by atoms with Gasteiger partial charge in [0.25, 0.3) is 0 Å². The Bertz CT molecular complexity index is 2270. The van der Waals surface area contributed by atoms with E-state index in [-0.39, 0.29) is 10.8 Å².